The monoisotopic (exact) mass is 384 g/mol. The van der Waals surface area contributed by atoms with Crippen molar-refractivity contribution in [3.63, 3.8) is 0 Å². The molecule has 0 radical (unpaired) electrons. The summed E-state index contributed by atoms with van der Waals surface area (Å²) in [6.07, 6.45) is 0.795. The fraction of sp³-hybridized carbons (Fsp3) is 0.238. The highest BCUT2D eigenvalue weighted by Gasteiger charge is 2.18. The molecule has 1 heterocycles. The Kier molecular flexibility index (Phi) is 6.49. The van der Waals surface area contributed by atoms with Crippen molar-refractivity contribution in [3.05, 3.63) is 71.6 Å². The van der Waals surface area contributed by atoms with Gasteiger partial charge in [-0.25, -0.2) is 4.98 Å². The van der Waals surface area contributed by atoms with Crippen LogP contribution in [-0.4, -0.2) is 23.4 Å². The van der Waals surface area contributed by atoms with Crippen molar-refractivity contribution in [3.8, 4) is 17.2 Å². The third kappa shape index (κ3) is 5.11. The minimum Gasteiger partial charge on any atom is -0.494 e. The summed E-state index contributed by atoms with van der Waals surface area (Å²) < 4.78 is 11.3. The largest absolute Gasteiger partial charge is 0.494 e. The molecule has 0 aliphatic rings. The average Bonchev–Trinajstić information content (AvgIpc) is 3.09. The van der Waals surface area contributed by atoms with Gasteiger partial charge in [0.15, 0.2) is 0 Å². The Hall–Kier alpha value is -2.79. The third-order valence-corrected chi connectivity index (χ3v) is 4.21. The lowest BCUT2D eigenvalue weighted by atomic mass is 10.2. The Morgan fingerprint density at radius 2 is 1.89 bits per heavy atom. The van der Waals surface area contributed by atoms with Gasteiger partial charge in [0, 0.05) is 18.0 Å². The first-order valence-electron chi connectivity index (χ1n) is 8.76. The van der Waals surface area contributed by atoms with Crippen LogP contribution in [0.15, 0.2) is 59.0 Å². The molecule has 0 saturated heterocycles. The summed E-state index contributed by atoms with van der Waals surface area (Å²) in [5.41, 5.74) is 2.36. The standard InChI is InChI=1S/C21H21ClN2O3/c1-15-19(20(25)23-14-16-6-3-2-4-7-16)27-21(24-15)17-8-10-18(11-9-17)26-13-5-12-22/h2-4,6-11H,5,12-14H2,1H3,(H,23,25). The number of hydrogen-bond acceptors (Lipinski definition) is 4. The molecule has 0 atom stereocenters. The maximum absolute atomic E-state index is 12.4. The second kappa shape index (κ2) is 9.24. The molecule has 0 bridgehead atoms. The lowest BCUT2D eigenvalue weighted by Crippen LogP contribution is -2.22. The smallest absolute Gasteiger partial charge is 0.289 e. The number of ether oxygens (including phenoxy) is 1. The first-order valence-corrected chi connectivity index (χ1v) is 9.29. The van der Waals surface area contributed by atoms with Crippen LogP contribution in [0.25, 0.3) is 11.5 Å². The van der Waals surface area contributed by atoms with E-state index in [1.807, 2.05) is 54.6 Å². The van der Waals surface area contributed by atoms with E-state index in [2.05, 4.69) is 10.3 Å². The van der Waals surface area contributed by atoms with Crippen LogP contribution in [-0.2, 0) is 6.54 Å². The van der Waals surface area contributed by atoms with Crippen molar-refractivity contribution in [1.29, 1.82) is 0 Å². The number of rotatable bonds is 8. The average molecular weight is 385 g/mol. The van der Waals surface area contributed by atoms with E-state index >= 15 is 0 Å². The molecular formula is C21H21ClN2O3. The van der Waals surface area contributed by atoms with Crippen LogP contribution in [0, 0.1) is 6.92 Å². The van der Waals surface area contributed by atoms with Gasteiger partial charge in [0.2, 0.25) is 11.7 Å². The van der Waals surface area contributed by atoms with Crippen molar-refractivity contribution in [2.24, 2.45) is 0 Å². The zero-order valence-electron chi connectivity index (χ0n) is 15.1. The minimum absolute atomic E-state index is 0.225. The number of aryl methyl sites for hydroxylation is 1. The molecule has 0 aliphatic heterocycles. The zero-order valence-corrected chi connectivity index (χ0v) is 15.8. The van der Waals surface area contributed by atoms with Crippen molar-refractivity contribution >= 4 is 17.5 Å². The van der Waals surface area contributed by atoms with Gasteiger partial charge in [-0.2, -0.15) is 0 Å². The first-order chi connectivity index (χ1) is 13.2. The maximum atomic E-state index is 12.4. The van der Waals surface area contributed by atoms with Crippen LogP contribution in [0.1, 0.15) is 28.2 Å². The lowest BCUT2D eigenvalue weighted by Gasteiger charge is -2.05. The third-order valence-electron chi connectivity index (χ3n) is 3.95. The maximum Gasteiger partial charge on any atom is 0.289 e. The van der Waals surface area contributed by atoms with Crippen molar-refractivity contribution in [2.75, 3.05) is 12.5 Å². The Labute approximate surface area is 163 Å². The lowest BCUT2D eigenvalue weighted by molar-refractivity contribution is 0.0923. The summed E-state index contributed by atoms with van der Waals surface area (Å²) in [5, 5.41) is 2.86. The number of benzene rings is 2. The van der Waals surface area contributed by atoms with Crippen LogP contribution in [0.2, 0.25) is 0 Å². The number of oxazole rings is 1. The first kappa shape index (κ1) is 19.0. The van der Waals surface area contributed by atoms with E-state index in [-0.39, 0.29) is 11.7 Å². The molecule has 2 aromatic carbocycles. The molecule has 0 unspecified atom stereocenters. The van der Waals surface area contributed by atoms with Crippen molar-refractivity contribution < 1.29 is 13.9 Å². The molecule has 1 N–H and O–H groups in total. The van der Waals surface area contributed by atoms with E-state index < -0.39 is 0 Å². The van der Waals surface area contributed by atoms with Gasteiger partial charge < -0.3 is 14.5 Å². The number of nitrogens with zero attached hydrogens (tertiary/aromatic N) is 1. The topological polar surface area (TPSA) is 64.4 Å². The molecule has 0 spiro atoms. The molecule has 0 fully saturated rings. The Balaban J connectivity index is 1.65. The fourth-order valence-corrected chi connectivity index (χ4v) is 2.64. The van der Waals surface area contributed by atoms with Gasteiger partial charge in [0.05, 0.1) is 12.3 Å². The van der Waals surface area contributed by atoms with Crippen LogP contribution in [0.3, 0.4) is 0 Å². The molecule has 140 valence electrons. The second-order valence-corrected chi connectivity index (χ2v) is 6.40. The molecule has 3 rings (SSSR count). The van der Waals surface area contributed by atoms with Gasteiger partial charge in [0.25, 0.3) is 5.91 Å². The van der Waals surface area contributed by atoms with Crippen LogP contribution < -0.4 is 10.1 Å². The number of nitrogens with one attached hydrogen (secondary N) is 1. The number of alkyl halides is 1. The summed E-state index contributed by atoms with van der Waals surface area (Å²) in [5.74, 6) is 1.68. The summed E-state index contributed by atoms with van der Waals surface area (Å²) >= 11 is 5.64. The minimum atomic E-state index is -0.281. The quantitative estimate of drug-likeness (QED) is 0.455. The van der Waals surface area contributed by atoms with E-state index in [1.165, 1.54) is 0 Å². The van der Waals surface area contributed by atoms with Gasteiger partial charge in [-0.15, -0.1) is 11.6 Å². The van der Waals surface area contributed by atoms with Gasteiger partial charge in [-0.3, -0.25) is 4.79 Å². The number of aromatic nitrogens is 1. The molecule has 5 nitrogen and oxygen atoms in total. The molecule has 0 aliphatic carbocycles. The summed E-state index contributed by atoms with van der Waals surface area (Å²) in [6, 6.07) is 17.1. The predicted octanol–water partition coefficient (Wildman–Crippen LogP) is 4.59. The van der Waals surface area contributed by atoms with Gasteiger partial charge in [-0.05, 0) is 43.2 Å². The van der Waals surface area contributed by atoms with Gasteiger partial charge in [-0.1, -0.05) is 30.3 Å². The van der Waals surface area contributed by atoms with Crippen molar-refractivity contribution in [1.82, 2.24) is 10.3 Å². The SMILES string of the molecule is Cc1nc(-c2ccc(OCCCCl)cc2)oc1C(=O)NCc1ccccc1. The van der Waals surface area contributed by atoms with Crippen LogP contribution in [0.4, 0.5) is 0 Å². The van der Waals surface area contributed by atoms with Crippen LogP contribution >= 0.6 is 11.6 Å². The predicted molar refractivity (Wildman–Crippen MR) is 105 cm³/mol. The highest BCUT2D eigenvalue weighted by Crippen LogP contribution is 2.24. The van der Waals surface area contributed by atoms with E-state index in [9.17, 15) is 4.79 Å². The molecule has 27 heavy (non-hydrogen) atoms. The molecule has 1 amide bonds. The number of carbonyl (C=O) groups excluding carboxylic acids is 1. The summed E-state index contributed by atoms with van der Waals surface area (Å²) in [7, 11) is 0. The van der Waals surface area contributed by atoms with Crippen LogP contribution in [0.5, 0.6) is 5.75 Å². The Morgan fingerprint density at radius 3 is 2.59 bits per heavy atom. The molecule has 0 saturated carbocycles. The van der Waals surface area contributed by atoms with Gasteiger partial charge in [0.1, 0.15) is 5.75 Å². The van der Waals surface area contributed by atoms with E-state index in [0.29, 0.717) is 30.6 Å². The van der Waals surface area contributed by atoms with E-state index in [0.717, 1.165) is 23.3 Å². The highest BCUT2D eigenvalue weighted by molar-refractivity contribution is 6.17. The van der Waals surface area contributed by atoms with E-state index in [1.54, 1.807) is 6.92 Å². The normalized spacial score (nSPS) is 10.6. The number of carbonyl (C=O) groups is 1. The van der Waals surface area contributed by atoms with Crippen molar-refractivity contribution in [2.45, 2.75) is 19.9 Å². The number of amides is 1. The molecule has 1 aromatic heterocycles. The zero-order chi connectivity index (χ0) is 19.1. The summed E-state index contributed by atoms with van der Waals surface area (Å²) in [4.78, 5) is 16.8. The van der Waals surface area contributed by atoms with E-state index in [4.69, 9.17) is 20.8 Å². The second-order valence-electron chi connectivity index (χ2n) is 6.02. The van der Waals surface area contributed by atoms with Gasteiger partial charge >= 0.3 is 0 Å². The Bertz CT molecular complexity index is 876. The molecular weight excluding hydrogens is 364 g/mol. The summed E-state index contributed by atoms with van der Waals surface area (Å²) in [6.45, 7) is 2.77. The number of hydrogen-bond donors (Lipinski definition) is 1. The highest BCUT2D eigenvalue weighted by atomic mass is 35.5. The Morgan fingerprint density at radius 1 is 1.15 bits per heavy atom. The molecule has 3 aromatic rings. The fourth-order valence-electron chi connectivity index (χ4n) is 2.53. The molecule has 6 heteroatoms. The number of halogens is 1.